The molecule has 0 aliphatic carbocycles. The molecule has 0 amide bonds. The van der Waals surface area contributed by atoms with Gasteiger partial charge in [0.2, 0.25) is 11.8 Å². The van der Waals surface area contributed by atoms with Gasteiger partial charge in [0.05, 0.1) is 12.9 Å². The van der Waals surface area contributed by atoms with E-state index in [1.54, 1.807) is 6.33 Å². The molecule has 1 aliphatic rings. The molecule has 7 heteroatoms. The fourth-order valence-electron chi connectivity index (χ4n) is 2.26. The van der Waals surface area contributed by atoms with E-state index in [1.165, 1.54) is 0 Å². The molecule has 0 spiro atoms. The second-order valence-corrected chi connectivity index (χ2v) is 4.85. The Kier molecular flexibility index (Phi) is 3.96. The van der Waals surface area contributed by atoms with E-state index in [2.05, 4.69) is 25.3 Å². The van der Waals surface area contributed by atoms with E-state index in [0.717, 1.165) is 38.1 Å². The molecule has 0 bridgehead atoms. The average Bonchev–Trinajstić information content (AvgIpc) is 2.95. The number of nitrogens with zero attached hydrogens (tertiary/aromatic N) is 3. The van der Waals surface area contributed by atoms with Crippen molar-refractivity contribution >= 4 is 17.1 Å². The predicted molar refractivity (Wildman–Crippen MR) is 74.9 cm³/mol. The third-order valence-corrected chi connectivity index (χ3v) is 3.38. The number of hydrogen-bond acceptors (Lipinski definition) is 6. The molecular weight excluding hydrogens is 258 g/mol. The fourth-order valence-corrected chi connectivity index (χ4v) is 2.26. The fraction of sp³-hybridized carbons (Fsp3) is 0.615. The number of hydrogen-bond donors (Lipinski definition) is 2. The van der Waals surface area contributed by atoms with E-state index in [1.807, 2.05) is 6.92 Å². The van der Waals surface area contributed by atoms with Gasteiger partial charge in [-0.15, -0.1) is 0 Å². The highest BCUT2D eigenvalue weighted by molar-refractivity contribution is 5.76. The van der Waals surface area contributed by atoms with Crippen molar-refractivity contribution in [3.8, 4) is 5.88 Å². The molecule has 20 heavy (non-hydrogen) atoms. The normalized spacial score (nSPS) is 16.4. The summed E-state index contributed by atoms with van der Waals surface area (Å²) in [7, 11) is 0. The van der Waals surface area contributed by atoms with Gasteiger partial charge in [-0.2, -0.15) is 9.97 Å². The molecule has 0 unspecified atom stereocenters. The molecule has 108 valence electrons. The summed E-state index contributed by atoms with van der Waals surface area (Å²) < 4.78 is 11.2. The number of fused-ring (bicyclic) bond motifs is 1. The zero-order valence-electron chi connectivity index (χ0n) is 11.6. The smallest absolute Gasteiger partial charge is 0.245 e. The maximum absolute atomic E-state index is 5.89. The van der Waals surface area contributed by atoms with Gasteiger partial charge in [-0.3, -0.25) is 0 Å². The van der Waals surface area contributed by atoms with Crippen LogP contribution in [0.3, 0.4) is 0 Å². The lowest BCUT2D eigenvalue weighted by atomic mass is 10.0. The molecule has 3 heterocycles. The lowest BCUT2D eigenvalue weighted by Gasteiger charge is -2.21. The number of aromatic nitrogens is 4. The molecule has 0 radical (unpaired) electrons. The topological polar surface area (TPSA) is 85.0 Å². The third kappa shape index (κ3) is 2.82. The number of imidazole rings is 1. The lowest BCUT2D eigenvalue weighted by molar-refractivity contribution is 0.0493. The van der Waals surface area contributed by atoms with Crippen molar-refractivity contribution in [2.75, 3.05) is 31.7 Å². The van der Waals surface area contributed by atoms with Crippen LogP contribution in [0.15, 0.2) is 6.33 Å². The number of ether oxygens (including phenoxy) is 2. The van der Waals surface area contributed by atoms with Crippen LogP contribution in [0.2, 0.25) is 0 Å². The largest absolute Gasteiger partial charge is 0.476 e. The van der Waals surface area contributed by atoms with E-state index >= 15 is 0 Å². The zero-order valence-corrected chi connectivity index (χ0v) is 11.6. The van der Waals surface area contributed by atoms with Gasteiger partial charge in [-0.25, -0.2) is 4.98 Å². The zero-order chi connectivity index (χ0) is 13.8. The van der Waals surface area contributed by atoms with Crippen LogP contribution < -0.4 is 10.1 Å². The highest BCUT2D eigenvalue weighted by Crippen LogP contribution is 2.23. The van der Waals surface area contributed by atoms with Crippen LogP contribution in [-0.4, -0.2) is 46.3 Å². The van der Waals surface area contributed by atoms with Gasteiger partial charge < -0.3 is 19.8 Å². The molecule has 3 rings (SSSR count). The molecule has 1 fully saturated rings. The van der Waals surface area contributed by atoms with Crippen LogP contribution in [0.1, 0.15) is 19.8 Å². The van der Waals surface area contributed by atoms with Crippen molar-refractivity contribution in [1.29, 1.82) is 0 Å². The molecule has 1 aliphatic heterocycles. The Labute approximate surface area is 117 Å². The molecule has 0 saturated carbocycles. The van der Waals surface area contributed by atoms with E-state index in [-0.39, 0.29) is 0 Å². The SMILES string of the molecule is CCNc1nc(OCC2CCOCC2)c2[nH]cnc2n1. The van der Waals surface area contributed by atoms with E-state index in [4.69, 9.17) is 9.47 Å². The van der Waals surface area contributed by atoms with Crippen molar-refractivity contribution in [3.05, 3.63) is 6.33 Å². The molecule has 0 aromatic carbocycles. The first kappa shape index (κ1) is 13.1. The van der Waals surface area contributed by atoms with Gasteiger partial charge in [0.25, 0.3) is 0 Å². The van der Waals surface area contributed by atoms with Crippen molar-refractivity contribution in [2.24, 2.45) is 5.92 Å². The van der Waals surface area contributed by atoms with E-state index < -0.39 is 0 Å². The monoisotopic (exact) mass is 277 g/mol. The Morgan fingerprint density at radius 3 is 3.05 bits per heavy atom. The highest BCUT2D eigenvalue weighted by atomic mass is 16.5. The Morgan fingerprint density at radius 1 is 1.40 bits per heavy atom. The lowest BCUT2D eigenvalue weighted by Crippen LogP contribution is -2.21. The quantitative estimate of drug-likeness (QED) is 0.863. The van der Waals surface area contributed by atoms with Gasteiger partial charge >= 0.3 is 0 Å². The van der Waals surface area contributed by atoms with Crippen molar-refractivity contribution in [3.63, 3.8) is 0 Å². The Hall–Kier alpha value is -1.89. The Bertz CT molecular complexity index is 565. The standard InChI is InChI=1S/C13H19N5O2/c1-2-14-13-17-11-10(15-8-16-11)12(18-13)20-7-9-3-5-19-6-4-9/h8-9H,2-7H2,1H3,(H2,14,15,16,17,18). The van der Waals surface area contributed by atoms with Crippen LogP contribution >= 0.6 is 0 Å². The van der Waals surface area contributed by atoms with E-state index in [0.29, 0.717) is 30.0 Å². The van der Waals surface area contributed by atoms with Crippen molar-refractivity contribution in [2.45, 2.75) is 19.8 Å². The minimum atomic E-state index is 0.527. The summed E-state index contributed by atoms with van der Waals surface area (Å²) in [5.74, 6) is 1.64. The van der Waals surface area contributed by atoms with Crippen LogP contribution in [0.5, 0.6) is 5.88 Å². The number of aromatic amines is 1. The van der Waals surface area contributed by atoms with Crippen molar-refractivity contribution < 1.29 is 9.47 Å². The highest BCUT2D eigenvalue weighted by Gasteiger charge is 2.17. The summed E-state index contributed by atoms with van der Waals surface area (Å²) in [5, 5.41) is 3.09. The number of H-pyrrole nitrogens is 1. The first-order valence-corrected chi connectivity index (χ1v) is 7.02. The summed E-state index contributed by atoms with van der Waals surface area (Å²) in [4.78, 5) is 15.9. The number of anilines is 1. The second kappa shape index (κ2) is 6.04. The number of rotatable bonds is 5. The summed E-state index contributed by atoms with van der Waals surface area (Å²) >= 11 is 0. The molecule has 7 nitrogen and oxygen atoms in total. The minimum absolute atomic E-state index is 0.527. The predicted octanol–water partition coefficient (Wildman–Crippen LogP) is 1.59. The Morgan fingerprint density at radius 2 is 2.25 bits per heavy atom. The summed E-state index contributed by atoms with van der Waals surface area (Å²) in [6, 6.07) is 0. The number of nitrogens with one attached hydrogen (secondary N) is 2. The van der Waals surface area contributed by atoms with Crippen LogP contribution in [0.25, 0.3) is 11.2 Å². The first-order chi connectivity index (χ1) is 9.86. The van der Waals surface area contributed by atoms with Gasteiger partial charge in [-0.05, 0) is 25.7 Å². The van der Waals surface area contributed by atoms with E-state index in [9.17, 15) is 0 Å². The molecule has 2 aromatic heterocycles. The van der Waals surface area contributed by atoms with Gasteiger partial charge in [0.1, 0.15) is 5.52 Å². The molecular formula is C13H19N5O2. The molecule has 0 atom stereocenters. The van der Waals surface area contributed by atoms with Crippen LogP contribution in [0.4, 0.5) is 5.95 Å². The summed E-state index contributed by atoms with van der Waals surface area (Å²) in [6.45, 7) is 5.05. The van der Waals surface area contributed by atoms with Crippen LogP contribution in [-0.2, 0) is 4.74 Å². The first-order valence-electron chi connectivity index (χ1n) is 7.02. The molecule has 2 aromatic rings. The van der Waals surface area contributed by atoms with Gasteiger partial charge in [0, 0.05) is 19.8 Å². The van der Waals surface area contributed by atoms with Crippen LogP contribution in [0, 0.1) is 5.92 Å². The molecule has 1 saturated heterocycles. The maximum Gasteiger partial charge on any atom is 0.245 e. The second-order valence-electron chi connectivity index (χ2n) is 4.85. The minimum Gasteiger partial charge on any atom is -0.476 e. The Balaban J connectivity index is 1.76. The van der Waals surface area contributed by atoms with Crippen molar-refractivity contribution in [1.82, 2.24) is 19.9 Å². The third-order valence-electron chi connectivity index (χ3n) is 3.38. The summed E-state index contributed by atoms with van der Waals surface area (Å²) in [6.07, 6.45) is 3.69. The maximum atomic E-state index is 5.89. The molecule has 2 N–H and O–H groups in total. The average molecular weight is 277 g/mol. The van der Waals surface area contributed by atoms with Gasteiger partial charge in [-0.1, -0.05) is 0 Å². The van der Waals surface area contributed by atoms with Gasteiger partial charge in [0.15, 0.2) is 5.65 Å². The summed E-state index contributed by atoms with van der Waals surface area (Å²) in [5.41, 5.74) is 1.37.